The number of aliphatic hydroxyl groups is 1. The molecule has 0 radical (unpaired) electrons. The number of aliphatic hydroxyl groups excluding tert-OH is 1. The summed E-state index contributed by atoms with van der Waals surface area (Å²) in [6.45, 7) is 14.0. The summed E-state index contributed by atoms with van der Waals surface area (Å²) in [5, 5.41) is 10.4. The lowest BCUT2D eigenvalue weighted by molar-refractivity contribution is -0.122. The van der Waals surface area contributed by atoms with Crippen molar-refractivity contribution in [2.24, 2.45) is 52.3 Å². The van der Waals surface area contributed by atoms with Gasteiger partial charge >= 0.3 is 0 Å². The SMILES string of the molecule is CC(C)C(=O)CCC(C)C1CCC2C3CC=C4C(CCC(O)[C@@H]4C)[C@]3(C)CC[C@]12C. The Hall–Kier alpha value is -0.630. The van der Waals surface area contributed by atoms with Crippen LogP contribution in [0.1, 0.15) is 99.3 Å². The fourth-order valence-electron chi connectivity index (χ4n) is 8.76. The Morgan fingerprint density at radius 3 is 2.47 bits per heavy atom. The molecule has 0 aromatic carbocycles. The lowest BCUT2D eigenvalue weighted by atomic mass is 9.44. The average Bonchev–Trinajstić information content (AvgIpc) is 3.05. The highest BCUT2D eigenvalue weighted by Gasteiger charge is 2.61. The number of rotatable bonds is 5. The third-order valence-electron chi connectivity index (χ3n) is 10.9. The van der Waals surface area contributed by atoms with Crippen LogP contribution in [0, 0.1) is 52.3 Å². The van der Waals surface area contributed by atoms with Gasteiger partial charge in [0.2, 0.25) is 0 Å². The van der Waals surface area contributed by atoms with Gasteiger partial charge in [0.25, 0.3) is 0 Å². The van der Waals surface area contributed by atoms with Crippen LogP contribution in [-0.2, 0) is 4.79 Å². The molecule has 0 heterocycles. The fraction of sp³-hybridized carbons (Fsp3) is 0.893. The Balaban J connectivity index is 1.52. The summed E-state index contributed by atoms with van der Waals surface area (Å²) < 4.78 is 0. The van der Waals surface area contributed by atoms with Gasteiger partial charge < -0.3 is 5.11 Å². The zero-order valence-electron chi connectivity index (χ0n) is 20.4. The van der Waals surface area contributed by atoms with Crippen LogP contribution < -0.4 is 0 Å². The molecular weight excluding hydrogens is 368 g/mol. The van der Waals surface area contributed by atoms with Gasteiger partial charge in [0, 0.05) is 18.3 Å². The molecular formula is C28H46O2. The van der Waals surface area contributed by atoms with E-state index < -0.39 is 0 Å². The van der Waals surface area contributed by atoms with Crippen LogP contribution in [0.5, 0.6) is 0 Å². The van der Waals surface area contributed by atoms with Crippen molar-refractivity contribution in [3.05, 3.63) is 11.6 Å². The van der Waals surface area contributed by atoms with E-state index in [1.807, 2.05) is 13.8 Å². The first-order valence-electron chi connectivity index (χ1n) is 13.0. The van der Waals surface area contributed by atoms with Gasteiger partial charge in [0.15, 0.2) is 0 Å². The molecule has 9 atom stereocenters. The highest BCUT2D eigenvalue weighted by molar-refractivity contribution is 5.80. The molecule has 3 saturated carbocycles. The third kappa shape index (κ3) is 3.44. The van der Waals surface area contributed by atoms with Crippen molar-refractivity contribution in [3.63, 3.8) is 0 Å². The summed E-state index contributed by atoms with van der Waals surface area (Å²) in [6.07, 6.45) is 13.1. The first kappa shape index (κ1) is 22.6. The number of hydrogen-bond acceptors (Lipinski definition) is 2. The number of carbonyl (C=O) groups is 1. The number of carbonyl (C=O) groups excluding carboxylic acids is 1. The topological polar surface area (TPSA) is 37.3 Å². The van der Waals surface area contributed by atoms with E-state index in [-0.39, 0.29) is 12.0 Å². The van der Waals surface area contributed by atoms with E-state index in [0.717, 1.165) is 37.0 Å². The smallest absolute Gasteiger partial charge is 0.135 e. The second kappa shape index (κ2) is 8.05. The van der Waals surface area contributed by atoms with Crippen molar-refractivity contribution in [3.8, 4) is 0 Å². The van der Waals surface area contributed by atoms with Crippen LogP contribution in [-0.4, -0.2) is 17.0 Å². The minimum atomic E-state index is -0.133. The number of Topliss-reactive ketones (excluding diaryl/α,β-unsaturated/α-hetero) is 1. The van der Waals surface area contributed by atoms with Gasteiger partial charge in [-0.3, -0.25) is 4.79 Å². The summed E-state index contributed by atoms with van der Waals surface area (Å²) in [4.78, 5) is 12.2. The fourth-order valence-corrected chi connectivity index (χ4v) is 8.76. The standard InChI is InChI=1S/C28H46O2/c1-17(2)25(29)13-7-18(3)21-10-11-24-23-9-8-20-19(4)26(30)14-12-22(20)28(23,6)16-15-27(21,24)5/h8,17-19,21-24,26,30H,7,9-16H2,1-6H3/t18?,19-,21?,22?,23?,24?,26?,27-,28+/m1/s1. The number of allylic oxidation sites excluding steroid dienone is 1. The monoisotopic (exact) mass is 414 g/mol. The van der Waals surface area contributed by atoms with Gasteiger partial charge in [0.1, 0.15) is 5.78 Å². The minimum Gasteiger partial charge on any atom is -0.393 e. The van der Waals surface area contributed by atoms with Gasteiger partial charge in [-0.25, -0.2) is 0 Å². The summed E-state index contributed by atoms with van der Waals surface area (Å²) in [7, 11) is 0. The van der Waals surface area contributed by atoms with E-state index in [4.69, 9.17) is 0 Å². The molecule has 3 fully saturated rings. The van der Waals surface area contributed by atoms with Gasteiger partial charge in [-0.15, -0.1) is 0 Å². The lowest BCUT2D eigenvalue weighted by Gasteiger charge is -2.60. The Bertz CT molecular complexity index is 693. The maximum atomic E-state index is 12.2. The Morgan fingerprint density at radius 2 is 1.77 bits per heavy atom. The quantitative estimate of drug-likeness (QED) is 0.501. The molecule has 2 nitrogen and oxygen atoms in total. The zero-order valence-corrected chi connectivity index (χ0v) is 20.4. The number of hydrogen-bond donors (Lipinski definition) is 1. The summed E-state index contributed by atoms with van der Waals surface area (Å²) >= 11 is 0. The van der Waals surface area contributed by atoms with Gasteiger partial charge in [-0.1, -0.05) is 53.2 Å². The van der Waals surface area contributed by atoms with E-state index in [1.165, 1.54) is 38.5 Å². The van der Waals surface area contributed by atoms with Crippen LogP contribution in [0.25, 0.3) is 0 Å². The van der Waals surface area contributed by atoms with Crippen LogP contribution in [0.3, 0.4) is 0 Å². The Kier molecular flexibility index (Phi) is 6.06. The predicted octanol–water partition coefficient (Wildman–Crippen LogP) is 6.81. The molecule has 0 aromatic heterocycles. The number of ketones is 1. The maximum absolute atomic E-state index is 12.2. The molecule has 0 aromatic rings. The Morgan fingerprint density at radius 1 is 1.07 bits per heavy atom. The van der Waals surface area contributed by atoms with Crippen LogP contribution >= 0.6 is 0 Å². The molecule has 0 bridgehead atoms. The molecule has 0 amide bonds. The largest absolute Gasteiger partial charge is 0.393 e. The zero-order chi connectivity index (χ0) is 21.8. The van der Waals surface area contributed by atoms with E-state index in [1.54, 1.807) is 5.57 Å². The van der Waals surface area contributed by atoms with Crippen LogP contribution in [0.2, 0.25) is 0 Å². The lowest BCUT2D eigenvalue weighted by Crippen LogP contribution is -2.53. The first-order chi connectivity index (χ1) is 14.1. The van der Waals surface area contributed by atoms with Crippen LogP contribution in [0.4, 0.5) is 0 Å². The van der Waals surface area contributed by atoms with Crippen molar-refractivity contribution < 1.29 is 9.90 Å². The van der Waals surface area contributed by atoms with Gasteiger partial charge in [0.05, 0.1) is 6.10 Å². The molecule has 170 valence electrons. The first-order valence-corrected chi connectivity index (χ1v) is 13.0. The molecule has 0 aliphatic heterocycles. The normalized spacial score (nSPS) is 46.6. The summed E-state index contributed by atoms with van der Waals surface area (Å²) in [6, 6.07) is 0. The summed E-state index contributed by atoms with van der Waals surface area (Å²) in [5.74, 6) is 4.75. The van der Waals surface area contributed by atoms with Gasteiger partial charge in [-0.05, 0) is 91.8 Å². The van der Waals surface area contributed by atoms with Crippen molar-refractivity contribution in [2.75, 3.05) is 0 Å². The highest BCUT2D eigenvalue weighted by atomic mass is 16.3. The molecule has 30 heavy (non-hydrogen) atoms. The molecule has 4 rings (SSSR count). The predicted molar refractivity (Wildman–Crippen MR) is 124 cm³/mol. The molecule has 6 unspecified atom stereocenters. The van der Waals surface area contributed by atoms with E-state index in [0.29, 0.717) is 34.4 Å². The Labute approximate surface area is 185 Å². The van der Waals surface area contributed by atoms with Crippen molar-refractivity contribution >= 4 is 5.78 Å². The van der Waals surface area contributed by atoms with E-state index >= 15 is 0 Å². The van der Waals surface area contributed by atoms with Crippen molar-refractivity contribution in [1.29, 1.82) is 0 Å². The second-order valence-corrected chi connectivity index (χ2v) is 12.5. The summed E-state index contributed by atoms with van der Waals surface area (Å²) in [5.41, 5.74) is 2.47. The molecule has 0 spiro atoms. The molecule has 4 aliphatic carbocycles. The van der Waals surface area contributed by atoms with Crippen LogP contribution in [0.15, 0.2) is 11.6 Å². The molecule has 1 N–H and O–H groups in total. The minimum absolute atomic E-state index is 0.133. The van der Waals surface area contributed by atoms with Crippen molar-refractivity contribution in [1.82, 2.24) is 0 Å². The highest BCUT2D eigenvalue weighted by Crippen LogP contribution is 2.69. The average molecular weight is 415 g/mol. The third-order valence-corrected chi connectivity index (χ3v) is 10.9. The van der Waals surface area contributed by atoms with E-state index in [2.05, 4.69) is 33.8 Å². The van der Waals surface area contributed by atoms with Gasteiger partial charge in [-0.2, -0.15) is 0 Å². The maximum Gasteiger partial charge on any atom is 0.135 e. The molecule has 0 saturated heterocycles. The second-order valence-electron chi connectivity index (χ2n) is 12.5. The molecule has 4 aliphatic rings. The number of fused-ring (bicyclic) bond motifs is 5. The molecule has 2 heteroatoms. The van der Waals surface area contributed by atoms with Crippen molar-refractivity contribution in [2.45, 2.75) is 105 Å². The van der Waals surface area contributed by atoms with E-state index in [9.17, 15) is 9.90 Å².